The van der Waals surface area contributed by atoms with Crippen molar-refractivity contribution in [1.82, 2.24) is 4.90 Å². The van der Waals surface area contributed by atoms with Crippen molar-refractivity contribution in [1.29, 1.82) is 0 Å². The van der Waals surface area contributed by atoms with E-state index in [1.807, 2.05) is 12.1 Å². The predicted octanol–water partition coefficient (Wildman–Crippen LogP) is 2.89. The number of rotatable bonds is 2. The van der Waals surface area contributed by atoms with Gasteiger partial charge in [0.05, 0.1) is 10.7 Å². The number of hydrogen-bond donors (Lipinski definition) is 1. The molecule has 1 aromatic carbocycles. The fourth-order valence-corrected chi connectivity index (χ4v) is 4.21. The van der Waals surface area contributed by atoms with Gasteiger partial charge in [-0.15, -0.1) is 0 Å². The zero-order valence-corrected chi connectivity index (χ0v) is 14.0. The summed E-state index contributed by atoms with van der Waals surface area (Å²) in [6, 6.07) is 6.66. The van der Waals surface area contributed by atoms with E-state index >= 15 is 0 Å². The number of halogens is 1. The van der Waals surface area contributed by atoms with E-state index in [0.29, 0.717) is 4.99 Å². The van der Waals surface area contributed by atoms with E-state index in [-0.39, 0.29) is 0 Å². The third-order valence-electron chi connectivity index (χ3n) is 4.92. The van der Waals surface area contributed by atoms with E-state index in [9.17, 15) is 0 Å². The lowest BCUT2D eigenvalue weighted by Crippen LogP contribution is -2.52. The molecule has 0 aliphatic carbocycles. The van der Waals surface area contributed by atoms with Crippen molar-refractivity contribution in [2.45, 2.75) is 25.3 Å². The molecule has 0 saturated carbocycles. The molecule has 2 saturated heterocycles. The molecule has 114 valence electrons. The second-order valence-electron chi connectivity index (χ2n) is 6.22. The van der Waals surface area contributed by atoms with Gasteiger partial charge < -0.3 is 15.5 Å². The van der Waals surface area contributed by atoms with E-state index < -0.39 is 0 Å². The molecule has 0 spiro atoms. The summed E-state index contributed by atoms with van der Waals surface area (Å²) in [4.78, 5) is 5.35. The SMILES string of the molecule is CN1CCCC2CN(c3ccc(C(N)=S)cc3Cl)CCC21. The molecule has 3 rings (SSSR count). The number of fused-ring (bicyclic) bond motifs is 1. The highest BCUT2D eigenvalue weighted by atomic mass is 35.5. The van der Waals surface area contributed by atoms with Crippen molar-refractivity contribution >= 4 is 34.5 Å². The van der Waals surface area contributed by atoms with E-state index in [0.717, 1.165) is 41.3 Å². The van der Waals surface area contributed by atoms with E-state index in [1.165, 1.54) is 25.8 Å². The molecule has 0 radical (unpaired) electrons. The summed E-state index contributed by atoms with van der Waals surface area (Å²) in [5.74, 6) is 0.754. The lowest BCUT2D eigenvalue weighted by molar-refractivity contribution is 0.102. The van der Waals surface area contributed by atoms with Crippen LogP contribution in [0.5, 0.6) is 0 Å². The number of nitrogens with zero attached hydrogens (tertiary/aromatic N) is 2. The molecule has 2 unspecified atom stereocenters. The normalized spacial score (nSPS) is 26.5. The Hall–Kier alpha value is -0.840. The number of benzene rings is 1. The summed E-state index contributed by atoms with van der Waals surface area (Å²) in [5, 5.41) is 0.753. The van der Waals surface area contributed by atoms with Crippen molar-refractivity contribution < 1.29 is 0 Å². The summed E-state index contributed by atoms with van der Waals surface area (Å²) in [5.41, 5.74) is 7.62. The minimum absolute atomic E-state index is 0.399. The van der Waals surface area contributed by atoms with Crippen LogP contribution < -0.4 is 10.6 Å². The largest absolute Gasteiger partial charge is 0.389 e. The molecule has 3 nitrogen and oxygen atoms in total. The Kier molecular flexibility index (Phi) is 4.38. The topological polar surface area (TPSA) is 32.5 Å². The molecular formula is C16H22ClN3S. The van der Waals surface area contributed by atoms with E-state index in [4.69, 9.17) is 29.6 Å². The van der Waals surface area contributed by atoms with Gasteiger partial charge in [0.15, 0.2) is 0 Å². The highest BCUT2D eigenvalue weighted by molar-refractivity contribution is 7.80. The smallest absolute Gasteiger partial charge is 0.104 e. The summed E-state index contributed by atoms with van der Waals surface area (Å²) in [6.07, 6.45) is 3.85. The summed E-state index contributed by atoms with van der Waals surface area (Å²) in [7, 11) is 2.26. The molecule has 0 amide bonds. The Balaban J connectivity index is 1.78. The van der Waals surface area contributed by atoms with Gasteiger partial charge in [-0.1, -0.05) is 23.8 Å². The fourth-order valence-electron chi connectivity index (χ4n) is 3.79. The summed E-state index contributed by atoms with van der Waals surface area (Å²) in [6.45, 7) is 3.41. The van der Waals surface area contributed by atoms with Gasteiger partial charge in [0.25, 0.3) is 0 Å². The van der Waals surface area contributed by atoms with Crippen LogP contribution in [0.2, 0.25) is 5.02 Å². The van der Waals surface area contributed by atoms with Gasteiger partial charge in [-0.05, 0) is 57.0 Å². The Morgan fingerprint density at radius 2 is 2.14 bits per heavy atom. The quantitative estimate of drug-likeness (QED) is 0.848. The molecule has 21 heavy (non-hydrogen) atoms. The molecule has 2 atom stereocenters. The maximum Gasteiger partial charge on any atom is 0.104 e. The first kappa shape index (κ1) is 15.1. The zero-order valence-electron chi connectivity index (χ0n) is 12.4. The third kappa shape index (κ3) is 3.03. The van der Waals surface area contributed by atoms with Gasteiger partial charge in [-0.3, -0.25) is 0 Å². The van der Waals surface area contributed by atoms with Crippen molar-refractivity contribution in [3.05, 3.63) is 28.8 Å². The first-order valence-corrected chi connectivity index (χ1v) is 8.39. The Labute approximate surface area is 137 Å². The molecule has 0 aromatic heterocycles. The van der Waals surface area contributed by atoms with Crippen molar-refractivity contribution in [2.75, 3.05) is 31.6 Å². The average molecular weight is 324 g/mol. The van der Waals surface area contributed by atoms with Gasteiger partial charge >= 0.3 is 0 Å². The lowest BCUT2D eigenvalue weighted by Gasteiger charge is -2.46. The number of nitrogens with two attached hydrogens (primary N) is 1. The number of likely N-dealkylation sites (tertiary alicyclic amines) is 1. The van der Waals surface area contributed by atoms with E-state index in [2.05, 4.69) is 22.9 Å². The van der Waals surface area contributed by atoms with E-state index in [1.54, 1.807) is 0 Å². The molecule has 2 aliphatic rings. The average Bonchev–Trinajstić information content (AvgIpc) is 2.47. The summed E-state index contributed by atoms with van der Waals surface area (Å²) >= 11 is 11.5. The van der Waals surface area contributed by atoms with Crippen molar-refractivity contribution in [2.24, 2.45) is 11.7 Å². The Morgan fingerprint density at radius 1 is 1.33 bits per heavy atom. The highest BCUT2D eigenvalue weighted by Crippen LogP contribution is 2.35. The molecular weight excluding hydrogens is 302 g/mol. The number of thiocarbonyl (C=S) groups is 1. The standard InChI is InChI=1S/C16H22ClN3S/c1-19-7-2-3-12-10-20(8-6-14(12)19)15-5-4-11(16(18)21)9-13(15)17/h4-5,9,12,14H,2-3,6-8,10H2,1H3,(H2,18,21). The second kappa shape index (κ2) is 6.11. The first-order valence-electron chi connectivity index (χ1n) is 7.61. The lowest BCUT2D eigenvalue weighted by atomic mass is 9.84. The van der Waals surface area contributed by atoms with Crippen LogP contribution in [0.4, 0.5) is 5.69 Å². The monoisotopic (exact) mass is 323 g/mol. The number of anilines is 1. The van der Waals surface area contributed by atoms with Gasteiger partial charge in [-0.2, -0.15) is 0 Å². The van der Waals surface area contributed by atoms with Crippen LogP contribution in [-0.2, 0) is 0 Å². The number of hydrogen-bond acceptors (Lipinski definition) is 3. The van der Waals surface area contributed by atoms with Crippen LogP contribution >= 0.6 is 23.8 Å². The number of piperidine rings is 2. The Morgan fingerprint density at radius 3 is 2.86 bits per heavy atom. The molecule has 5 heteroatoms. The fraction of sp³-hybridized carbons (Fsp3) is 0.562. The maximum absolute atomic E-state index is 6.44. The molecule has 2 aliphatic heterocycles. The summed E-state index contributed by atoms with van der Waals surface area (Å²) < 4.78 is 0. The maximum atomic E-state index is 6.44. The van der Waals surface area contributed by atoms with Crippen LogP contribution in [-0.4, -0.2) is 42.6 Å². The van der Waals surface area contributed by atoms with Gasteiger partial charge in [0, 0.05) is 24.7 Å². The predicted molar refractivity (Wildman–Crippen MR) is 93.3 cm³/mol. The molecule has 2 heterocycles. The highest BCUT2D eigenvalue weighted by Gasteiger charge is 2.34. The first-order chi connectivity index (χ1) is 10.1. The minimum Gasteiger partial charge on any atom is -0.389 e. The second-order valence-corrected chi connectivity index (χ2v) is 7.06. The van der Waals surface area contributed by atoms with Crippen LogP contribution in [0.3, 0.4) is 0 Å². The molecule has 2 N–H and O–H groups in total. The zero-order chi connectivity index (χ0) is 15.0. The Bertz CT molecular complexity index is 548. The molecule has 2 fully saturated rings. The van der Waals surface area contributed by atoms with Crippen LogP contribution in [0.25, 0.3) is 0 Å². The van der Waals surface area contributed by atoms with Crippen LogP contribution in [0.15, 0.2) is 18.2 Å². The molecule has 0 bridgehead atoms. The minimum atomic E-state index is 0.399. The van der Waals surface area contributed by atoms with Crippen LogP contribution in [0, 0.1) is 5.92 Å². The van der Waals surface area contributed by atoms with Gasteiger partial charge in [0.1, 0.15) is 4.99 Å². The van der Waals surface area contributed by atoms with Gasteiger partial charge in [-0.25, -0.2) is 0 Å². The van der Waals surface area contributed by atoms with Gasteiger partial charge in [0.2, 0.25) is 0 Å². The van der Waals surface area contributed by atoms with Crippen molar-refractivity contribution in [3.8, 4) is 0 Å². The van der Waals surface area contributed by atoms with Crippen LogP contribution in [0.1, 0.15) is 24.8 Å². The van der Waals surface area contributed by atoms with Crippen molar-refractivity contribution in [3.63, 3.8) is 0 Å². The molecule has 1 aromatic rings. The third-order valence-corrected chi connectivity index (χ3v) is 5.46.